The van der Waals surface area contributed by atoms with E-state index in [9.17, 15) is 18.3 Å². The van der Waals surface area contributed by atoms with Crippen LogP contribution in [0.1, 0.15) is 24.4 Å². The highest BCUT2D eigenvalue weighted by Crippen LogP contribution is 2.42. The number of hydrogen-bond acceptors (Lipinski definition) is 2. The van der Waals surface area contributed by atoms with E-state index in [4.69, 9.17) is 5.73 Å². The molecule has 110 valence electrons. The van der Waals surface area contributed by atoms with Gasteiger partial charge >= 0.3 is 6.18 Å². The van der Waals surface area contributed by atoms with Crippen molar-refractivity contribution in [2.75, 3.05) is 0 Å². The molecule has 0 fully saturated rings. The Labute approximate surface area is 139 Å². The van der Waals surface area contributed by atoms with Gasteiger partial charge in [-0.3, -0.25) is 0 Å². The van der Waals surface area contributed by atoms with Gasteiger partial charge in [0.05, 0.1) is 8.95 Å². The highest BCUT2D eigenvalue weighted by atomic mass is 79.9. The van der Waals surface area contributed by atoms with Crippen LogP contribution in [0.2, 0.25) is 0 Å². The Hall–Kier alpha value is 0.500. The average Bonchev–Trinajstić information content (AvgIpc) is 2.22. The number of halogens is 7. The quantitative estimate of drug-likeness (QED) is 0.590. The van der Waals surface area contributed by atoms with E-state index in [1.165, 1.54) is 0 Å². The van der Waals surface area contributed by atoms with Gasteiger partial charge in [0.1, 0.15) is 5.75 Å². The summed E-state index contributed by atoms with van der Waals surface area (Å²) in [6, 6.07) is 0.720. The van der Waals surface area contributed by atoms with Crippen molar-refractivity contribution in [3.8, 4) is 5.75 Å². The molecule has 0 spiro atoms. The zero-order chi connectivity index (χ0) is 14.1. The molecule has 0 bridgehead atoms. The molecule has 0 unspecified atom stereocenters. The molecule has 3 N–H and O–H groups in total. The van der Waals surface area contributed by atoms with Crippen LogP contribution in [0.4, 0.5) is 13.2 Å². The second kappa shape index (κ2) is 7.49. The van der Waals surface area contributed by atoms with E-state index in [1.54, 1.807) is 6.07 Å². The summed E-state index contributed by atoms with van der Waals surface area (Å²) in [6.45, 7) is 0. The Morgan fingerprint density at radius 1 is 1.21 bits per heavy atom. The molecule has 1 aromatic carbocycles. The number of nitrogens with two attached hydrogens (primary N) is 1. The van der Waals surface area contributed by atoms with Crippen LogP contribution in [0, 0.1) is 0 Å². The van der Waals surface area contributed by atoms with E-state index < -0.39 is 18.6 Å². The molecule has 0 aromatic heterocycles. The van der Waals surface area contributed by atoms with Crippen molar-refractivity contribution in [2.24, 2.45) is 5.73 Å². The summed E-state index contributed by atoms with van der Waals surface area (Å²) in [4.78, 5) is 0. The number of rotatable bonds is 3. The molecule has 0 radical (unpaired) electrons. The van der Waals surface area contributed by atoms with Crippen molar-refractivity contribution in [1.29, 1.82) is 0 Å². The Morgan fingerprint density at radius 2 is 1.74 bits per heavy atom. The fourth-order valence-corrected chi connectivity index (χ4v) is 4.11. The van der Waals surface area contributed by atoms with Crippen LogP contribution in [0.3, 0.4) is 0 Å². The largest absolute Gasteiger partial charge is 0.506 e. The van der Waals surface area contributed by atoms with Gasteiger partial charge in [0.2, 0.25) is 0 Å². The van der Waals surface area contributed by atoms with Crippen LogP contribution in [0.5, 0.6) is 5.75 Å². The third-order valence-corrected chi connectivity index (χ3v) is 4.35. The summed E-state index contributed by atoms with van der Waals surface area (Å²) in [5.41, 5.74) is 6.15. The third kappa shape index (κ3) is 5.41. The maximum Gasteiger partial charge on any atom is 0.389 e. The van der Waals surface area contributed by atoms with E-state index in [2.05, 4.69) is 47.8 Å². The molecule has 0 heterocycles. The van der Waals surface area contributed by atoms with Crippen molar-refractivity contribution in [3.05, 3.63) is 25.0 Å². The first-order chi connectivity index (χ1) is 8.13. The molecule has 1 aromatic rings. The molecule has 1 rings (SSSR count). The Bertz CT molecular complexity index is 457. The molecule has 0 saturated carbocycles. The van der Waals surface area contributed by atoms with Crippen molar-refractivity contribution >= 4 is 60.2 Å². The molecule has 0 saturated heterocycles. The average molecular weight is 492 g/mol. The Morgan fingerprint density at radius 3 is 2.21 bits per heavy atom. The summed E-state index contributed by atoms with van der Waals surface area (Å²) >= 11 is 9.47. The minimum absolute atomic E-state index is 0. The number of alkyl halides is 3. The topological polar surface area (TPSA) is 46.2 Å². The maximum atomic E-state index is 12.1. The lowest BCUT2D eigenvalue weighted by atomic mass is 10.0. The monoisotopic (exact) mass is 489 g/mol. The molecule has 0 aliphatic carbocycles. The van der Waals surface area contributed by atoms with Gasteiger partial charge in [-0.1, -0.05) is 15.9 Å². The Kier molecular flexibility index (Phi) is 7.69. The molecular weight excluding hydrogens is 482 g/mol. The first-order valence-corrected chi connectivity index (χ1v) is 7.20. The van der Waals surface area contributed by atoms with Gasteiger partial charge in [0, 0.05) is 22.5 Å². The van der Waals surface area contributed by atoms with E-state index in [0.717, 1.165) is 0 Å². The SMILES string of the molecule is Cl.N[C@H](CCC(F)(F)F)c1c(Br)cc(Br)c(O)c1Br. The molecule has 9 heteroatoms. The van der Waals surface area contributed by atoms with Crippen molar-refractivity contribution < 1.29 is 18.3 Å². The molecule has 2 nitrogen and oxygen atoms in total. The third-order valence-electron chi connectivity index (χ3n) is 2.29. The summed E-state index contributed by atoms with van der Waals surface area (Å²) in [5, 5.41) is 9.70. The minimum Gasteiger partial charge on any atom is -0.506 e. The second-order valence-electron chi connectivity index (χ2n) is 3.68. The zero-order valence-corrected chi connectivity index (χ0v) is 14.8. The predicted octanol–water partition coefficient (Wildman–Crippen LogP) is 5.44. The van der Waals surface area contributed by atoms with Gasteiger partial charge in [-0.15, -0.1) is 12.4 Å². The van der Waals surface area contributed by atoms with Gasteiger partial charge in [-0.2, -0.15) is 13.2 Å². The molecule has 0 aliphatic rings. The lowest BCUT2D eigenvalue weighted by Crippen LogP contribution is -2.16. The molecule has 1 atom stereocenters. The smallest absolute Gasteiger partial charge is 0.389 e. The van der Waals surface area contributed by atoms with Crippen LogP contribution in [0.25, 0.3) is 0 Å². The lowest BCUT2D eigenvalue weighted by molar-refractivity contribution is -0.136. The van der Waals surface area contributed by atoms with Crippen LogP contribution in [0.15, 0.2) is 19.5 Å². The molecule has 0 aliphatic heterocycles. The first kappa shape index (κ1) is 19.5. The van der Waals surface area contributed by atoms with Crippen molar-refractivity contribution in [2.45, 2.75) is 25.1 Å². The van der Waals surface area contributed by atoms with E-state index in [-0.39, 0.29) is 24.6 Å². The molecular formula is C10H10Br3ClF3NO. The summed E-state index contributed by atoms with van der Waals surface area (Å²) in [5.74, 6) is -0.0874. The second-order valence-corrected chi connectivity index (χ2v) is 6.18. The maximum absolute atomic E-state index is 12.1. The van der Waals surface area contributed by atoms with Crippen LogP contribution >= 0.6 is 60.2 Å². The van der Waals surface area contributed by atoms with Crippen molar-refractivity contribution in [1.82, 2.24) is 0 Å². The van der Waals surface area contributed by atoms with Gasteiger partial charge in [-0.25, -0.2) is 0 Å². The minimum atomic E-state index is -4.24. The van der Waals surface area contributed by atoms with Crippen LogP contribution < -0.4 is 5.73 Å². The number of phenols is 1. The number of benzene rings is 1. The van der Waals surface area contributed by atoms with Gasteiger partial charge < -0.3 is 10.8 Å². The normalized spacial score (nSPS) is 13.0. The van der Waals surface area contributed by atoms with Crippen LogP contribution in [-0.2, 0) is 0 Å². The highest BCUT2D eigenvalue weighted by Gasteiger charge is 2.29. The van der Waals surface area contributed by atoms with Gasteiger partial charge in [0.25, 0.3) is 0 Å². The van der Waals surface area contributed by atoms with Gasteiger partial charge in [-0.05, 0) is 44.3 Å². The number of hydrogen-bond donors (Lipinski definition) is 2. The summed E-state index contributed by atoms with van der Waals surface area (Å²) < 4.78 is 37.7. The zero-order valence-electron chi connectivity index (χ0n) is 9.27. The summed E-state index contributed by atoms with van der Waals surface area (Å²) in [7, 11) is 0. The Balaban J connectivity index is 0.00000324. The first-order valence-electron chi connectivity index (χ1n) is 4.82. The fourth-order valence-electron chi connectivity index (χ4n) is 1.40. The van der Waals surface area contributed by atoms with Crippen molar-refractivity contribution in [3.63, 3.8) is 0 Å². The highest BCUT2D eigenvalue weighted by molar-refractivity contribution is 9.11. The van der Waals surface area contributed by atoms with E-state index in [0.29, 0.717) is 19.0 Å². The number of aromatic hydroxyl groups is 1. The standard InChI is InChI=1S/C10H9Br3F3NO.ClH/c11-4-3-5(12)9(18)8(13)7(4)6(17)1-2-10(14,15)16;/h3,6,18H,1-2,17H2;1H/t6-;/m1./s1. The predicted molar refractivity (Wildman–Crippen MR) is 80.7 cm³/mol. The van der Waals surface area contributed by atoms with E-state index in [1.807, 2.05) is 0 Å². The van der Waals surface area contributed by atoms with E-state index >= 15 is 0 Å². The lowest BCUT2D eigenvalue weighted by Gasteiger charge is -2.18. The fraction of sp³-hybridized carbons (Fsp3) is 0.400. The molecule has 0 amide bonds. The number of phenolic OH excluding ortho intramolecular Hbond substituents is 1. The van der Waals surface area contributed by atoms with Crippen LogP contribution in [-0.4, -0.2) is 11.3 Å². The summed E-state index contributed by atoms with van der Waals surface area (Å²) in [6.07, 6.45) is -5.46. The molecule has 19 heavy (non-hydrogen) atoms. The van der Waals surface area contributed by atoms with Gasteiger partial charge in [0.15, 0.2) is 0 Å².